The van der Waals surface area contributed by atoms with Gasteiger partial charge in [-0.2, -0.15) is 5.10 Å². The maximum atomic E-state index is 4.79. The molecule has 3 heterocycles. The first kappa shape index (κ1) is 17.3. The second kappa shape index (κ2) is 6.87. The molecule has 0 saturated heterocycles. The molecule has 4 aromatic rings. The molecule has 0 aliphatic rings. The Morgan fingerprint density at radius 2 is 1.85 bits per heavy atom. The first-order valence-electron chi connectivity index (χ1n) is 9.18. The fraction of sp³-hybridized carbons (Fsp3) is 0.286. The molecule has 6 nitrogen and oxygen atoms in total. The summed E-state index contributed by atoms with van der Waals surface area (Å²) in [5.74, 6) is 1.35. The van der Waals surface area contributed by atoms with Crippen molar-refractivity contribution in [1.29, 1.82) is 0 Å². The molecule has 0 radical (unpaired) electrons. The highest BCUT2D eigenvalue weighted by atomic mass is 15.2. The van der Waals surface area contributed by atoms with Crippen LogP contribution in [0, 0.1) is 12.8 Å². The molecule has 0 amide bonds. The van der Waals surface area contributed by atoms with E-state index in [4.69, 9.17) is 4.98 Å². The van der Waals surface area contributed by atoms with E-state index in [1.165, 1.54) is 0 Å². The summed E-state index contributed by atoms with van der Waals surface area (Å²) in [5.41, 5.74) is 4.93. The van der Waals surface area contributed by atoms with Crippen LogP contribution < -0.4 is 0 Å². The monoisotopic (exact) mass is 360 g/mol. The Hall–Kier alpha value is -3.15. The largest absolute Gasteiger partial charge is 0.336 e. The number of aromatic amines is 1. The van der Waals surface area contributed by atoms with Crippen molar-refractivity contribution in [1.82, 2.24) is 29.3 Å². The van der Waals surface area contributed by atoms with Crippen LogP contribution in [0.5, 0.6) is 0 Å². The van der Waals surface area contributed by atoms with Gasteiger partial charge in [-0.15, -0.1) is 0 Å². The van der Waals surface area contributed by atoms with Gasteiger partial charge in [0.05, 0.1) is 23.8 Å². The summed E-state index contributed by atoms with van der Waals surface area (Å²) in [6.07, 6.45) is 5.75. The number of nitrogens with one attached hydrogen (secondary N) is 1. The van der Waals surface area contributed by atoms with E-state index in [9.17, 15) is 0 Å². The van der Waals surface area contributed by atoms with E-state index < -0.39 is 0 Å². The number of benzene rings is 1. The summed E-state index contributed by atoms with van der Waals surface area (Å²) in [7, 11) is 2.03. The zero-order chi connectivity index (χ0) is 19.0. The minimum Gasteiger partial charge on any atom is -0.336 e. The van der Waals surface area contributed by atoms with Crippen molar-refractivity contribution in [2.45, 2.75) is 26.8 Å². The highest BCUT2D eigenvalue weighted by Gasteiger charge is 2.27. The maximum Gasteiger partial charge on any atom is 0.131 e. The molecular weight excluding hydrogens is 336 g/mol. The average Bonchev–Trinajstić information content (AvgIpc) is 3.37. The number of rotatable bonds is 5. The van der Waals surface area contributed by atoms with Crippen LogP contribution in [0.2, 0.25) is 0 Å². The molecule has 27 heavy (non-hydrogen) atoms. The molecule has 1 atom stereocenters. The predicted octanol–water partition coefficient (Wildman–Crippen LogP) is 4.23. The maximum absolute atomic E-state index is 4.79. The van der Waals surface area contributed by atoms with E-state index in [0.29, 0.717) is 5.92 Å². The van der Waals surface area contributed by atoms with Gasteiger partial charge in [-0.25, -0.2) is 9.97 Å². The Morgan fingerprint density at radius 1 is 1.07 bits per heavy atom. The van der Waals surface area contributed by atoms with Gasteiger partial charge in [-0.05, 0) is 18.9 Å². The van der Waals surface area contributed by atoms with E-state index >= 15 is 0 Å². The molecule has 138 valence electrons. The third-order valence-corrected chi connectivity index (χ3v) is 4.84. The highest BCUT2D eigenvalue weighted by Crippen LogP contribution is 2.36. The van der Waals surface area contributed by atoms with Gasteiger partial charge in [0, 0.05) is 30.7 Å². The fourth-order valence-electron chi connectivity index (χ4n) is 3.58. The van der Waals surface area contributed by atoms with Crippen LogP contribution in [0.3, 0.4) is 0 Å². The van der Waals surface area contributed by atoms with Crippen molar-refractivity contribution in [3.8, 4) is 22.6 Å². The van der Waals surface area contributed by atoms with Gasteiger partial charge >= 0.3 is 0 Å². The van der Waals surface area contributed by atoms with Crippen molar-refractivity contribution in [3.63, 3.8) is 0 Å². The molecule has 0 saturated carbocycles. The number of aryl methyl sites for hydroxylation is 2. The Kier molecular flexibility index (Phi) is 4.39. The molecule has 0 aliphatic carbocycles. The lowest BCUT2D eigenvalue weighted by atomic mass is 10.0. The van der Waals surface area contributed by atoms with E-state index in [1.54, 1.807) is 0 Å². The van der Waals surface area contributed by atoms with Gasteiger partial charge in [0.1, 0.15) is 11.5 Å². The van der Waals surface area contributed by atoms with Crippen molar-refractivity contribution >= 4 is 0 Å². The van der Waals surface area contributed by atoms with Crippen molar-refractivity contribution in [3.05, 3.63) is 66.6 Å². The zero-order valence-corrected chi connectivity index (χ0v) is 16.1. The van der Waals surface area contributed by atoms with E-state index in [2.05, 4.69) is 56.4 Å². The van der Waals surface area contributed by atoms with E-state index in [1.807, 2.05) is 50.9 Å². The molecule has 1 unspecified atom stereocenters. The Balaban J connectivity index is 1.95. The van der Waals surface area contributed by atoms with Gasteiger partial charge < -0.3 is 9.13 Å². The van der Waals surface area contributed by atoms with Crippen LogP contribution in [0.4, 0.5) is 0 Å². The fourth-order valence-corrected chi connectivity index (χ4v) is 3.58. The molecule has 1 N–H and O–H groups in total. The SMILES string of the molecule is Cc1cc(-c2c(-c3ccccc3)ncn2C(c2nccn2C)C(C)C)n[nH]1. The predicted molar refractivity (Wildman–Crippen MR) is 106 cm³/mol. The van der Waals surface area contributed by atoms with Gasteiger partial charge in [0.2, 0.25) is 0 Å². The summed E-state index contributed by atoms with van der Waals surface area (Å²) >= 11 is 0. The molecule has 0 fully saturated rings. The molecule has 6 heteroatoms. The molecule has 1 aromatic carbocycles. The lowest BCUT2D eigenvalue weighted by Gasteiger charge is -2.24. The molecule has 0 aliphatic heterocycles. The molecule has 0 bridgehead atoms. The summed E-state index contributed by atoms with van der Waals surface area (Å²) in [4.78, 5) is 9.41. The van der Waals surface area contributed by atoms with Gasteiger partial charge in [0.15, 0.2) is 0 Å². The van der Waals surface area contributed by atoms with E-state index in [-0.39, 0.29) is 6.04 Å². The Morgan fingerprint density at radius 3 is 2.44 bits per heavy atom. The third kappa shape index (κ3) is 3.07. The average molecular weight is 360 g/mol. The van der Waals surface area contributed by atoms with Gasteiger partial charge in [0.25, 0.3) is 0 Å². The number of imidazole rings is 2. The summed E-state index contributed by atoms with van der Waals surface area (Å²) in [6.45, 7) is 6.43. The minimum absolute atomic E-state index is 0.0574. The topological polar surface area (TPSA) is 64.3 Å². The highest BCUT2D eigenvalue weighted by molar-refractivity contribution is 5.77. The van der Waals surface area contributed by atoms with Gasteiger partial charge in [-0.3, -0.25) is 5.10 Å². The van der Waals surface area contributed by atoms with Crippen LogP contribution in [-0.4, -0.2) is 29.3 Å². The smallest absolute Gasteiger partial charge is 0.131 e. The molecular formula is C21H24N6. The van der Waals surface area contributed by atoms with Crippen molar-refractivity contribution in [2.24, 2.45) is 13.0 Å². The second-order valence-electron chi connectivity index (χ2n) is 7.24. The summed E-state index contributed by atoms with van der Waals surface area (Å²) < 4.78 is 4.29. The number of aromatic nitrogens is 6. The summed E-state index contributed by atoms with van der Waals surface area (Å²) in [6, 6.07) is 12.4. The quantitative estimate of drug-likeness (QED) is 0.579. The molecule has 4 rings (SSSR count). The Bertz CT molecular complexity index is 1040. The zero-order valence-electron chi connectivity index (χ0n) is 16.1. The second-order valence-corrected chi connectivity index (χ2v) is 7.24. The van der Waals surface area contributed by atoms with Crippen molar-refractivity contribution < 1.29 is 0 Å². The number of hydrogen-bond acceptors (Lipinski definition) is 3. The first-order valence-corrected chi connectivity index (χ1v) is 9.18. The summed E-state index contributed by atoms with van der Waals surface area (Å²) in [5, 5.41) is 7.60. The first-order chi connectivity index (χ1) is 13.1. The Labute approximate surface area is 158 Å². The van der Waals surface area contributed by atoms with Crippen LogP contribution in [-0.2, 0) is 7.05 Å². The van der Waals surface area contributed by atoms with Crippen LogP contribution >= 0.6 is 0 Å². The lowest BCUT2D eigenvalue weighted by molar-refractivity contribution is 0.410. The molecule has 3 aromatic heterocycles. The van der Waals surface area contributed by atoms with Crippen molar-refractivity contribution in [2.75, 3.05) is 0 Å². The number of hydrogen-bond donors (Lipinski definition) is 1. The van der Waals surface area contributed by atoms with E-state index in [0.717, 1.165) is 34.2 Å². The standard InChI is InChI=1S/C21H24N6/c1-14(2)19(21-22-10-11-26(21)4)27-13-23-18(16-8-6-5-7-9-16)20(27)17-12-15(3)24-25-17/h5-14,19H,1-4H3,(H,24,25). The number of H-pyrrole nitrogens is 1. The van der Waals surface area contributed by atoms with Crippen LogP contribution in [0.25, 0.3) is 22.6 Å². The van der Waals surface area contributed by atoms with Crippen LogP contribution in [0.15, 0.2) is 55.1 Å². The van der Waals surface area contributed by atoms with Gasteiger partial charge in [-0.1, -0.05) is 44.2 Å². The third-order valence-electron chi connectivity index (χ3n) is 4.84. The number of nitrogens with zero attached hydrogens (tertiary/aromatic N) is 5. The normalized spacial score (nSPS) is 12.6. The molecule has 0 spiro atoms. The lowest BCUT2D eigenvalue weighted by Crippen LogP contribution is -2.20. The minimum atomic E-state index is 0.0574. The van der Waals surface area contributed by atoms with Crippen LogP contribution in [0.1, 0.15) is 31.4 Å².